The second-order valence-electron chi connectivity index (χ2n) is 7.20. The molecule has 1 aliphatic rings. The first-order valence-corrected chi connectivity index (χ1v) is 9.86. The van der Waals surface area contributed by atoms with Gasteiger partial charge in [0.1, 0.15) is 17.2 Å². The van der Waals surface area contributed by atoms with Crippen LogP contribution in [0.3, 0.4) is 0 Å². The first kappa shape index (κ1) is 17.9. The molecule has 2 N–H and O–H groups in total. The minimum Gasteiger partial charge on any atom is -0.487 e. The van der Waals surface area contributed by atoms with E-state index >= 15 is 0 Å². The van der Waals surface area contributed by atoms with E-state index in [0.717, 1.165) is 11.1 Å². The van der Waals surface area contributed by atoms with Crippen molar-refractivity contribution in [1.29, 1.82) is 0 Å². The summed E-state index contributed by atoms with van der Waals surface area (Å²) in [7, 11) is -3.61. The minimum absolute atomic E-state index is 0.0304. The summed E-state index contributed by atoms with van der Waals surface area (Å²) in [6.07, 6.45) is 0. The highest BCUT2D eigenvalue weighted by atomic mass is 32.2. The molecule has 2 atom stereocenters. The van der Waals surface area contributed by atoms with E-state index in [1.54, 1.807) is 24.3 Å². The molecule has 2 aromatic carbocycles. The molecular formula is C19H22FNO3S. The number of sulfonamides is 1. The van der Waals surface area contributed by atoms with Gasteiger partial charge < -0.3 is 4.74 Å². The third-order valence-electron chi connectivity index (χ3n) is 4.98. The highest BCUT2D eigenvalue weighted by Gasteiger charge is 2.41. The van der Waals surface area contributed by atoms with Crippen molar-refractivity contribution < 1.29 is 17.5 Å². The Bertz CT molecular complexity index is 891. The Morgan fingerprint density at radius 2 is 1.80 bits per heavy atom. The summed E-state index contributed by atoms with van der Waals surface area (Å²) in [5.41, 5.74) is 2.11. The molecule has 0 bridgehead atoms. The quantitative estimate of drug-likeness (QED) is 0.907. The molecule has 0 spiro atoms. The molecule has 4 nitrogen and oxygen atoms in total. The van der Waals surface area contributed by atoms with E-state index < -0.39 is 15.6 Å². The van der Waals surface area contributed by atoms with Gasteiger partial charge >= 0.3 is 0 Å². The first-order chi connectivity index (χ1) is 11.6. The van der Waals surface area contributed by atoms with Gasteiger partial charge in [0.05, 0.1) is 5.75 Å². The Hall–Kier alpha value is -1.92. The summed E-state index contributed by atoms with van der Waals surface area (Å²) in [6, 6.07) is 11.9. The molecule has 0 amide bonds. The van der Waals surface area contributed by atoms with E-state index in [0.29, 0.717) is 11.3 Å². The van der Waals surface area contributed by atoms with Crippen LogP contribution in [0.2, 0.25) is 0 Å². The molecule has 3 rings (SSSR count). The molecule has 0 radical (unpaired) electrons. The average Bonchev–Trinajstić information content (AvgIpc) is 2.48. The van der Waals surface area contributed by atoms with Crippen molar-refractivity contribution in [3.63, 3.8) is 0 Å². The highest BCUT2D eigenvalue weighted by Crippen LogP contribution is 2.48. The number of rotatable bonds is 3. The molecule has 134 valence electrons. The minimum atomic E-state index is -3.61. The van der Waals surface area contributed by atoms with E-state index in [1.807, 2.05) is 19.9 Å². The number of halogens is 1. The van der Waals surface area contributed by atoms with Crippen molar-refractivity contribution >= 4 is 10.0 Å². The van der Waals surface area contributed by atoms with Crippen LogP contribution in [0, 0.1) is 11.7 Å². The number of fused-ring (bicyclic) bond motifs is 1. The molecule has 2 aromatic rings. The largest absolute Gasteiger partial charge is 0.487 e. The lowest BCUT2D eigenvalue weighted by atomic mass is 9.72. The fourth-order valence-electron chi connectivity index (χ4n) is 3.43. The topological polar surface area (TPSA) is 69.4 Å². The maximum absolute atomic E-state index is 13.3. The predicted molar refractivity (Wildman–Crippen MR) is 95.4 cm³/mol. The van der Waals surface area contributed by atoms with Crippen molar-refractivity contribution in [1.82, 2.24) is 0 Å². The molecule has 25 heavy (non-hydrogen) atoms. The van der Waals surface area contributed by atoms with Gasteiger partial charge in [0.25, 0.3) is 0 Å². The van der Waals surface area contributed by atoms with E-state index in [9.17, 15) is 12.8 Å². The van der Waals surface area contributed by atoms with Gasteiger partial charge in [-0.15, -0.1) is 0 Å². The monoisotopic (exact) mass is 363 g/mol. The summed E-state index contributed by atoms with van der Waals surface area (Å²) in [5.74, 6) is 0.323. The molecule has 0 saturated carbocycles. The van der Waals surface area contributed by atoms with Crippen LogP contribution in [0.1, 0.15) is 43.4 Å². The molecule has 0 aromatic heterocycles. The lowest BCUT2D eigenvalue weighted by Crippen LogP contribution is -2.43. The summed E-state index contributed by atoms with van der Waals surface area (Å²) in [5, 5.41) is 5.15. The molecular weight excluding hydrogens is 341 g/mol. The second-order valence-corrected chi connectivity index (χ2v) is 8.82. The number of nitrogens with two attached hydrogens (primary N) is 1. The van der Waals surface area contributed by atoms with E-state index in [-0.39, 0.29) is 23.4 Å². The SMILES string of the molecule is C[C@@H]1C(c2ccc(F)cc2)c2ccc(CS(N)(=O)=O)cc2OC1(C)C. The zero-order valence-corrected chi connectivity index (χ0v) is 15.3. The zero-order chi connectivity index (χ0) is 18.4. The van der Waals surface area contributed by atoms with Crippen molar-refractivity contribution in [2.45, 2.75) is 38.0 Å². The predicted octanol–water partition coefficient (Wildman–Crippen LogP) is 3.55. The molecule has 1 heterocycles. The lowest BCUT2D eigenvalue weighted by molar-refractivity contribution is 0.0258. The van der Waals surface area contributed by atoms with Gasteiger partial charge in [0.2, 0.25) is 10.0 Å². The first-order valence-electron chi connectivity index (χ1n) is 8.14. The van der Waals surface area contributed by atoms with Crippen molar-refractivity contribution in [3.8, 4) is 5.75 Å². The number of hydrogen-bond donors (Lipinski definition) is 1. The Balaban J connectivity index is 2.10. The van der Waals surface area contributed by atoms with Crippen LogP contribution in [0.4, 0.5) is 4.39 Å². The number of primary sulfonamides is 1. The fraction of sp³-hybridized carbons (Fsp3) is 0.368. The molecule has 0 fully saturated rings. The smallest absolute Gasteiger partial charge is 0.213 e. The Labute approximate surface area is 147 Å². The Kier molecular flexibility index (Phi) is 4.37. The molecule has 1 aliphatic heterocycles. The van der Waals surface area contributed by atoms with Crippen LogP contribution in [-0.4, -0.2) is 14.0 Å². The molecule has 0 aliphatic carbocycles. The van der Waals surface area contributed by atoms with Crippen LogP contribution in [0.15, 0.2) is 42.5 Å². The van der Waals surface area contributed by atoms with Gasteiger partial charge in [-0.05, 0) is 43.2 Å². The summed E-state index contributed by atoms with van der Waals surface area (Å²) < 4.78 is 42.2. The maximum atomic E-state index is 13.3. The lowest BCUT2D eigenvalue weighted by Gasteiger charge is -2.44. The third kappa shape index (κ3) is 3.70. The Morgan fingerprint density at radius 1 is 1.16 bits per heavy atom. The maximum Gasteiger partial charge on any atom is 0.213 e. The van der Waals surface area contributed by atoms with Crippen molar-refractivity contribution in [2.24, 2.45) is 11.1 Å². The molecule has 1 unspecified atom stereocenters. The third-order valence-corrected chi connectivity index (χ3v) is 5.72. The van der Waals surface area contributed by atoms with Crippen LogP contribution in [0.25, 0.3) is 0 Å². The van der Waals surface area contributed by atoms with Crippen LogP contribution < -0.4 is 9.88 Å². The normalized spacial score (nSPS) is 22.1. The van der Waals surface area contributed by atoms with Crippen molar-refractivity contribution in [3.05, 3.63) is 65.0 Å². The van der Waals surface area contributed by atoms with Gasteiger partial charge in [-0.2, -0.15) is 0 Å². The van der Waals surface area contributed by atoms with Gasteiger partial charge in [-0.25, -0.2) is 17.9 Å². The number of ether oxygens (including phenoxy) is 1. The number of hydrogen-bond acceptors (Lipinski definition) is 3. The van der Waals surface area contributed by atoms with Crippen LogP contribution in [-0.2, 0) is 15.8 Å². The fourth-order valence-corrected chi connectivity index (χ4v) is 4.08. The van der Waals surface area contributed by atoms with E-state index in [4.69, 9.17) is 9.88 Å². The van der Waals surface area contributed by atoms with Crippen molar-refractivity contribution in [2.75, 3.05) is 0 Å². The highest BCUT2D eigenvalue weighted by molar-refractivity contribution is 7.88. The average molecular weight is 363 g/mol. The standard InChI is InChI=1S/C19H22FNO3S/c1-12-18(14-5-7-15(20)8-6-14)16-9-4-13(11-25(21,22)23)10-17(16)24-19(12,2)3/h4-10,12,18H,11H2,1-3H3,(H2,21,22,23)/t12-,18?/m1/s1. The van der Waals surface area contributed by atoms with Gasteiger partial charge in [0, 0.05) is 17.4 Å². The summed E-state index contributed by atoms with van der Waals surface area (Å²) in [6.45, 7) is 6.11. The van der Waals surface area contributed by atoms with Gasteiger partial charge in [-0.3, -0.25) is 0 Å². The van der Waals surface area contributed by atoms with Gasteiger partial charge in [0.15, 0.2) is 0 Å². The molecule has 6 heteroatoms. The van der Waals surface area contributed by atoms with E-state index in [1.165, 1.54) is 12.1 Å². The number of benzene rings is 2. The van der Waals surface area contributed by atoms with Gasteiger partial charge in [-0.1, -0.05) is 31.2 Å². The molecule has 0 saturated heterocycles. The van der Waals surface area contributed by atoms with Crippen LogP contribution in [0.5, 0.6) is 5.75 Å². The summed E-state index contributed by atoms with van der Waals surface area (Å²) >= 11 is 0. The van der Waals surface area contributed by atoms with Crippen LogP contribution >= 0.6 is 0 Å². The summed E-state index contributed by atoms with van der Waals surface area (Å²) in [4.78, 5) is 0. The Morgan fingerprint density at radius 3 is 2.40 bits per heavy atom. The zero-order valence-electron chi connectivity index (χ0n) is 14.5. The second kappa shape index (κ2) is 6.11. The van der Waals surface area contributed by atoms with E-state index in [2.05, 4.69) is 6.92 Å².